The number of hydrogen-bond acceptors (Lipinski definition) is 3. The summed E-state index contributed by atoms with van der Waals surface area (Å²) in [4.78, 5) is 4.05. The van der Waals surface area contributed by atoms with Crippen LogP contribution in [0.1, 0.15) is 19.3 Å². The molecule has 0 aromatic carbocycles. The molecule has 0 saturated carbocycles. The highest BCUT2D eigenvalue weighted by atomic mass is 79.9. The second-order valence-corrected chi connectivity index (χ2v) is 3.68. The van der Waals surface area contributed by atoms with E-state index in [0.717, 1.165) is 29.6 Å². The SMILES string of the molecule is OCCCCCOc1cccnc1Br. The Hall–Kier alpha value is -0.610. The first-order chi connectivity index (χ1) is 6.84. The Balaban J connectivity index is 2.21. The molecule has 3 nitrogen and oxygen atoms in total. The van der Waals surface area contributed by atoms with Crippen molar-refractivity contribution in [2.75, 3.05) is 13.2 Å². The third-order valence-electron chi connectivity index (χ3n) is 1.78. The van der Waals surface area contributed by atoms with Gasteiger partial charge >= 0.3 is 0 Å². The standard InChI is InChI=1S/C10H14BrNO2/c11-10-9(5-4-6-12-10)14-8-3-1-2-7-13/h4-6,13H,1-3,7-8H2. The van der Waals surface area contributed by atoms with Crippen LogP contribution < -0.4 is 4.74 Å². The molecule has 0 aliphatic rings. The quantitative estimate of drug-likeness (QED) is 0.630. The van der Waals surface area contributed by atoms with Crippen LogP contribution in [-0.2, 0) is 0 Å². The zero-order valence-electron chi connectivity index (χ0n) is 7.95. The summed E-state index contributed by atoms with van der Waals surface area (Å²) in [6, 6.07) is 3.72. The molecular weight excluding hydrogens is 246 g/mol. The zero-order valence-corrected chi connectivity index (χ0v) is 9.53. The average molecular weight is 260 g/mol. The minimum atomic E-state index is 0.261. The van der Waals surface area contributed by atoms with E-state index in [1.54, 1.807) is 6.20 Å². The Morgan fingerprint density at radius 1 is 1.36 bits per heavy atom. The lowest BCUT2D eigenvalue weighted by Gasteiger charge is -2.06. The molecular formula is C10H14BrNO2. The fraction of sp³-hybridized carbons (Fsp3) is 0.500. The van der Waals surface area contributed by atoms with E-state index in [4.69, 9.17) is 9.84 Å². The molecule has 4 heteroatoms. The molecule has 78 valence electrons. The summed E-state index contributed by atoms with van der Waals surface area (Å²) in [6.45, 7) is 0.931. The Kier molecular flexibility index (Phi) is 5.56. The lowest BCUT2D eigenvalue weighted by molar-refractivity contribution is 0.265. The molecule has 0 spiro atoms. The molecule has 1 aromatic rings. The van der Waals surface area contributed by atoms with Crippen LogP contribution in [0.25, 0.3) is 0 Å². The van der Waals surface area contributed by atoms with Crippen LogP contribution in [-0.4, -0.2) is 23.3 Å². The van der Waals surface area contributed by atoms with E-state index < -0.39 is 0 Å². The van der Waals surface area contributed by atoms with Crippen LogP contribution in [0.3, 0.4) is 0 Å². The monoisotopic (exact) mass is 259 g/mol. The van der Waals surface area contributed by atoms with Crippen molar-refractivity contribution in [2.45, 2.75) is 19.3 Å². The van der Waals surface area contributed by atoms with E-state index in [1.807, 2.05) is 12.1 Å². The molecule has 0 aliphatic carbocycles. The highest BCUT2D eigenvalue weighted by Crippen LogP contribution is 2.21. The summed E-state index contributed by atoms with van der Waals surface area (Å²) in [5.41, 5.74) is 0. The third kappa shape index (κ3) is 4.07. The first kappa shape index (κ1) is 11.5. The van der Waals surface area contributed by atoms with Crippen molar-refractivity contribution >= 4 is 15.9 Å². The summed E-state index contributed by atoms with van der Waals surface area (Å²) in [6.07, 6.45) is 4.51. The van der Waals surface area contributed by atoms with Crippen molar-refractivity contribution < 1.29 is 9.84 Å². The molecule has 0 amide bonds. The van der Waals surface area contributed by atoms with Gasteiger partial charge in [-0.2, -0.15) is 0 Å². The van der Waals surface area contributed by atoms with Gasteiger partial charge in [0.05, 0.1) is 6.61 Å². The van der Waals surface area contributed by atoms with E-state index in [2.05, 4.69) is 20.9 Å². The van der Waals surface area contributed by atoms with Gasteiger partial charge < -0.3 is 9.84 Å². The molecule has 1 N–H and O–H groups in total. The molecule has 0 bridgehead atoms. The topological polar surface area (TPSA) is 42.4 Å². The first-order valence-electron chi connectivity index (χ1n) is 4.69. The molecule has 0 unspecified atom stereocenters. The van der Waals surface area contributed by atoms with Crippen LogP contribution >= 0.6 is 15.9 Å². The number of nitrogens with zero attached hydrogens (tertiary/aromatic N) is 1. The number of pyridine rings is 1. The summed E-state index contributed by atoms with van der Waals surface area (Å²) in [7, 11) is 0. The molecule has 1 rings (SSSR count). The molecule has 0 aliphatic heterocycles. The van der Waals surface area contributed by atoms with Crippen molar-refractivity contribution in [1.29, 1.82) is 0 Å². The van der Waals surface area contributed by atoms with Crippen molar-refractivity contribution in [3.63, 3.8) is 0 Å². The number of rotatable bonds is 6. The molecule has 0 radical (unpaired) electrons. The van der Waals surface area contributed by atoms with Crippen LogP contribution in [0.4, 0.5) is 0 Å². The highest BCUT2D eigenvalue weighted by Gasteiger charge is 1.99. The van der Waals surface area contributed by atoms with Crippen molar-refractivity contribution in [1.82, 2.24) is 4.98 Å². The maximum Gasteiger partial charge on any atom is 0.152 e. The maximum atomic E-state index is 8.57. The van der Waals surface area contributed by atoms with E-state index in [9.17, 15) is 0 Å². The van der Waals surface area contributed by atoms with Gasteiger partial charge in [0.15, 0.2) is 5.75 Å². The van der Waals surface area contributed by atoms with Gasteiger partial charge in [0.25, 0.3) is 0 Å². The summed E-state index contributed by atoms with van der Waals surface area (Å²) >= 11 is 3.30. The second-order valence-electron chi connectivity index (χ2n) is 2.93. The summed E-state index contributed by atoms with van der Waals surface area (Å²) < 4.78 is 6.23. The van der Waals surface area contributed by atoms with Crippen molar-refractivity contribution in [2.24, 2.45) is 0 Å². The highest BCUT2D eigenvalue weighted by molar-refractivity contribution is 9.10. The lowest BCUT2D eigenvalue weighted by Crippen LogP contribution is -1.99. The van der Waals surface area contributed by atoms with E-state index in [0.29, 0.717) is 6.61 Å². The van der Waals surface area contributed by atoms with Crippen LogP contribution in [0.15, 0.2) is 22.9 Å². The predicted molar refractivity (Wildman–Crippen MR) is 58.4 cm³/mol. The van der Waals surface area contributed by atoms with Crippen LogP contribution in [0, 0.1) is 0 Å². The minimum Gasteiger partial charge on any atom is -0.491 e. The number of ether oxygens (including phenoxy) is 1. The first-order valence-corrected chi connectivity index (χ1v) is 5.48. The average Bonchev–Trinajstić information content (AvgIpc) is 2.20. The number of unbranched alkanes of at least 4 members (excludes halogenated alkanes) is 2. The second kappa shape index (κ2) is 6.79. The lowest BCUT2D eigenvalue weighted by atomic mass is 10.2. The van der Waals surface area contributed by atoms with Gasteiger partial charge in [-0.25, -0.2) is 4.98 Å². The van der Waals surface area contributed by atoms with Crippen LogP contribution in [0.2, 0.25) is 0 Å². The Morgan fingerprint density at radius 3 is 2.93 bits per heavy atom. The van der Waals surface area contributed by atoms with Gasteiger partial charge in [0, 0.05) is 12.8 Å². The van der Waals surface area contributed by atoms with Crippen LogP contribution in [0.5, 0.6) is 5.75 Å². The number of aliphatic hydroxyl groups excluding tert-OH is 1. The molecule has 1 heterocycles. The number of hydrogen-bond donors (Lipinski definition) is 1. The Morgan fingerprint density at radius 2 is 2.21 bits per heavy atom. The summed E-state index contributed by atoms with van der Waals surface area (Å²) in [5.74, 6) is 0.775. The number of aliphatic hydroxyl groups is 1. The van der Waals surface area contributed by atoms with Gasteiger partial charge in [0.2, 0.25) is 0 Å². The normalized spacial score (nSPS) is 10.1. The Labute approximate surface area is 92.3 Å². The molecule has 0 saturated heterocycles. The predicted octanol–water partition coefficient (Wildman–Crippen LogP) is 2.39. The largest absolute Gasteiger partial charge is 0.491 e. The fourth-order valence-corrected chi connectivity index (χ4v) is 1.42. The van der Waals surface area contributed by atoms with Gasteiger partial charge in [-0.15, -0.1) is 0 Å². The van der Waals surface area contributed by atoms with Crippen molar-refractivity contribution in [3.05, 3.63) is 22.9 Å². The van der Waals surface area contributed by atoms with E-state index >= 15 is 0 Å². The molecule has 1 aromatic heterocycles. The molecule has 0 atom stereocenters. The smallest absolute Gasteiger partial charge is 0.152 e. The fourth-order valence-electron chi connectivity index (χ4n) is 1.05. The van der Waals surface area contributed by atoms with E-state index in [-0.39, 0.29) is 6.61 Å². The molecule has 0 fully saturated rings. The van der Waals surface area contributed by atoms with Crippen molar-refractivity contribution in [3.8, 4) is 5.75 Å². The summed E-state index contributed by atoms with van der Waals surface area (Å²) in [5, 5.41) is 8.57. The minimum absolute atomic E-state index is 0.261. The van der Waals surface area contributed by atoms with Gasteiger partial charge in [-0.3, -0.25) is 0 Å². The third-order valence-corrected chi connectivity index (χ3v) is 2.38. The Bertz CT molecular complexity index is 268. The molecule has 14 heavy (non-hydrogen) atoms. The van der Waals surface area contributed by atoms with Gasteiger partial charge in [0.1, 0.15) is 4.60 Å². The maximum absolute atomic E-state index is 8.57. The van der Waals surface area contributed by atoms with E-state index in [1.165, 1.54) is 0 Å². The zero-order chi connectivity index (χ0) is 10.2. The van der Waals surface area contributed by atoms with Gasteiger partial charge in [-0.05, 0) is 47.3 Å². The number of aromatic nitrogens is 1. The van der Waals surface area contributed by atoms with Gasteiger partial charge in [-0.1, -0.05) is 0 Å². The number of halogens is 1.